The molecule has 2 fully saturated rings. The molecule has 2 aliphatic heterocycles. The van der Waals surface area contributed by atoms with Gasteiger partial charge in [-0.25, -0.2) is 23.5 Å². The molecule has 1 saturated carbocycles. The lowest BCUT2D eigenvalue weighted by atomic mass is 9.53. The van der Waals surface area contributed by atoms with Crippen LogP contribution in [-0.2, 0) is 28.6 Å². The third-order valence-corrected chi connectivity index (χ3v) is 10.2. The molecule has 1 saturated heterocycles. The maximum Gasteiger partial charge on any atom is 0.347 e. The zero-order valence-electron chi connectivity index (χ0n) is 25.9. The first-order valence-electron chi connectivity index (χ1n) is 15.3. The number of amides is 2. The predicted molar refractivity (Wildman–Crippen MR) is 178 cm³/mol. The zero-order valence-corrected chi connectivity index (χ0v) is 27.4. The molecule has 0 bridgehead atoms. The summed E-state index contributed by atoms with van der Waals surface area (Å²) in [7, 11) is 2.96. The number of carbonyl (C=O) groups excluding carboxylic acids is 2. The monoisotopic (exact) mass is 691 g/mol. The first-order chi connectivity index (χ1) is 23.1. The second-order valence-corrected chi connectivity index (χ2v) is 12.8. The van der Waals surface area contributed by atoms with Crippen LogP contribution in [0, 0.1) is 5.92 Å². The topological polar surface area (TPSA) is 137 Å². The molecule has 7 rings (SSSR count). The Morgan fingerprint density at radius 2 is 1.67 bits per heavy atom. The predicted octanol–water partition coefficient (Wildman–Crippen LogP) is 3.65. The third-order valence-electron chi connectivity index (χ3n) is 9.61. The van der Waals surface area contributed by atoms with E-state index in [0.29, 0.717) is 33.3 Å². The summed E-state index contributed by atoms with van der Waals surface area (Å²) in [6.07, 6.45) is 1.95. The van der Waals surface area contributed by atoms with Crippen LogP contribution < -0.4 is 26.3 Å². The molecule has 0 unspecified atom stereocenters. The van der Waals surface area contributed by atoms with Gasteiger partial charge in [0.25, 0.3) is 11.8 Å². The minimum atomic E-state index is -1.49. The van der Waals surface area contributed by atoms with Crippen molar-refractivity contribution in [3.63, 3.8) is 0 Å². The van der Waals surface area contributed by atoms with E-state index < -0.39 is 46.5 Å². The van der Waals surface area contributed by atoms with E-state index in [9.17, 15) is 19.5 Å². The van der Waals surface area contributed by atoms with Crippen LogP contribution >= 0.6 is 23.2 Å². The molecule has 2 amide bonds. The van der Waals surface area contributed by atoms with E-state index in [2.05, 4.69) is 5.43 Å². The summed E-state index contributed by atoms with van der Waals surface area (Å²) in [6, 6.07) is 18.2. The van der Waals surface area contributed by atoms with Crippen molar-refractivity contribution in [2.75, 3.05) is 25.7 Å². The number of nitrogens with one attached hydrogen (secondary N) is 1. The minimum absolute atomic E-state index is 0.0620. The van der Waals surface area contributed by atoms with Crippen LogP contribution in [0.15, 0.2) is 88.0 Å². The second-order valence-electron chi connectivity index (χ2n) is 11.9. The van der Waals surface area contributed by atoms with Crippen molar-refractivity contribution in [2.45, 2.75) is 30.3 Å². The lowest BCUT2D eigenvalue weighted by Gasteiger charge is -2.49. The summed E-state index contributed by atoms with van der Waals surface area (Å²) >= 11 is 12.6. The van der Waals surface area contributed by atoms with Gasteiger partial charge in [0.2, 0.25) is 0 Å². The van der Waals surface area contributed by atoms with Crippen molar-refractivity contribution < 1.29 is 24.2 Å². The Balaban J connectivity index is 1.47. The maximum atomic E-state index is 15.2. The van der Waals surface area contributed by atoms with Gasteiger partial charge in [0.05, 0.1) is 48.3 Å². The molecule has 1 aromatic heterocycles. The van der Waals surface area contributed by atoms with Gasteiger partial charge in [0, 0.05) is 18.0 Å². The molecule has 4 aromatic rings. The number of carbonyl (C=O) groups is 2. The fourth-order valence-corrected chi connectivity index (χ4v) is 7.96. The number of allylic oxidation sites excluding steroid dienone is 2. The van der Waals surface area contributed by atoms with Gasteiger partial charge >= 0.3 is 11.4 Å². The third kappa shape index (κ3) is 4.69. The number of aliphatic hydroxyl groups excluding tert-OH is 1. The van der Waals surface area contributed by atoms with Gasteiger partial charge in [-0.3, -0.25) is 15.0 Å². The normalized spacial score (nSPS) is 22.9. The van der Waals surface area contributed by atoms with E-state index in [1.54, 1.807) is 55.6 Å². The number of hydrogen-bond donors (Lipinski definition) is 2. The van der Waals surface area contributed by atoms with Gasteiger partial charge in [0.15, 0.2) is 0 Å². The molecule has 0 radical (unpaired) electrons. The van der Waals surface area contributed by atoms with Crippen molar-refractivity contribution in [1.82, 2.24) is 18.9 Å². The van der Waals surface area contributed by atoms with Crippen molar-refractivity contribution in [2.24, 2.45) is 13.0 Å². The number of nitrogens with zero attached hydrogens (tertiary/aromatic N) is 4. The molecule has 3 heterocycles. The standard InChI is InChI=1S/C34H31Cl2N5O7/c1-38-32(45)39-14-13-24-28(41(39)33(38)46)18-25-30(43)40(37-27-12-7-21(35)17-26(27)36)31(44)34(25,20-5-10-22(47-2)11-6-20)29(24)19-3-8-23(9-4-19)48-16-15-42/h3-13,17,25,28-29,37,42H,14-16,18H2,1-2H3/t25-,28+,29-,34+/m0/s1. The summed E-state index contributed by atoms with van der Waals surface area (Å²) in [5.74, 6) is -1.70. The number of benzene rings is 3. The number of aliphatic hydroxyl groups is 1. The van der Waals surface area contributed by atoms with Crippen LogP contribution in [0.2, 0.25) is 10.0 Å². The highest BCUT2D eigenvalue weighted by Gasteiger charge is 2.68. The molecular weight excluding hydrogens is 661 g/mol. The summed E-state index contributed by atoms with van der Waals surface area (Å²) in [5, 5.41) is 10.9. The Kier molecular flexibility index (Phi) is 7.97. The number of aromatic nitrogens is 3. The molecule has 0 spiro atoms. The lowest BCUT2D eigenvalue weighted by Crippen LogP contribution is -2.53. The number of imide groups is 1. The highest BCUT2D eigenvalue weighted by molar-refractivity contribution is 6.36. The molecule has 4 atom stereocenters. The molecule has 3 aromatic carbocycles. The molecule has 14 heteroatoms. The molecule has 12 nitrogen and oxygen atoms in total. The van der Waals surface area contributed by atoms with Gasteiger partial charge < -0.3 is 14.6 Å². The lowest BCUT2D eigenvalue weighted by molar-refractivity contribution is -0.138. The number of rotatable bonds is 8. The van der Waals surface area contributed by atoms with Gasteiger partial charge in [0.1, 0.15) is 18.1 Å². The quantitative estimate of drug-likeness (QED) is 0.211. The highest BCUT2D eigenvalue weighted by Crippen LogP contribution is 2.62. The second kappa shape index (κ2) is 12.0. The van der Waals surface area contributed by atoms with E-state index >= 15 is 4.79 Å². The Bertz CT molecular complexity index is 2090. The largest absolute Gasteiger partial charge is 0.497 e. The first kappa shape index (κ1) is 31.8. The highest BCUT2D eigenvalue weighted by atomic mass is 35.5. The molecule has 3 aliphatic rings. The Labute approximate surface area is 284 Å². The molecule has 48 heavy (non-hydrogen) atoms. The van der Waals surface area contributed by atoms with Gasteiger partial charge in [-0.05, 0) is 65.6 Å². The van der Waals surface area contributed by atoms with Crippen LogP contribution in [0.3, 0.4) is 0 Å². The Morgan fingerprint density at radius 1 is 0.958 bits per heavy atom. The van der Waals surface area contributed by atoms with E-state index in [1.807, 2.05) is 18.2 Å². The molecule has 248 valence electrons. The fourth-order valence-electron chi connectivity index (χ4n) is 7.51. The first-order valence-corrected chi connectivity index (χ1v) is 16.0. The fraction of sp³-hybridized carbons (Fsp3) is 0.294. The molecular formula is C34H31Cl2N5O7. The van der Waals surface area contributed by atoms with Crippen LogP contribution in [0.5, 0.6) is 11.5 Å². The van der Waals surface area contributed by atoms with E-state index in [4.69, 9.17) is 32.7 Å². The summed E-state index contributed by atoms with van der Waals surface area (Å²) in [6.45, 7) is 0.0395. The Morgan fingerprint density at radius 3 is 2.33 bits per heavy atom. The molecule has 2 N–H and O–H groups in total. The van der Waals surface area contributed by atoms with E-state index in [1.165, 1.54) is 22.5 Å². The Hall–Kier alpha value is -4.78. The van der Waals surface area contributed by atoms with E-state index in [0.717, 1.165) is 15.1 Å². The smallest absolute Gasteiger partial charge is 0.347 e. The van der Waals surface area contributed by atoms with Crippen molar-refractivity contribution in [3.05, 3.63) is 121 Å². The van der Waals surface area contributed by atoms with Crippen molar-refractivity contribution >= 4 is 40.7 Å². The SMILES string of the molecule is COc1ccc([C@@]23C(=O)N(Nc4ccc(Cl)cc4Cl)C(=O)[C@@H]2C[C@@H]2C(=CCn4c(=O)n(C)c(=O)n42)[C@@H]3c2ccc(OCCO)cc2)cc1. The van der Waals surface area contributed by atoms with Gasteiger partial charge in [-0.2, -0.15) is 5.01 Å². The van der Waals surface area contributed by atoms with Crippen molar-refractivity contribution in [3.8, 4) is 11.5 Å². The van der Waals surface area contributed by atoms with Crippen LogP contribution in [-0.4, -0.2) is 56.2 Å². The number of ether oxygens (including phenoxy) is 2. The zero-order chi connectivity index (χ0) is 33.9. The number of halogens is 2. The van der Waals surface area contributed by atoms with E-state index in [-0.39, 0.29) is 31.2 Å². The van der Waals surface area contributed by atoms with Crippen LogP contribution in [0.25, 0.3) is 0 Å². The number of hydrogen-bond acceptors (Lipinski definition) is 8. The number of methoxy groups -OCH3 is 1. The van der Waals surface area contributed by atoms with Gasteiger partial charge in [-0.15, -0.1) is 0 Å². The maximum absolute atomic E-state index is 15.2. The average Bonchev–Trinajstić information content (AvgIpc) is 3.45. The number of fused-ring (bicyclic) bond motifs is 4. The van der Waals surface area contributed by atoms with Crippen LogP contribution in [0.1, 0.15) is 29.5 Å². The summed E-state index contributed by atoms with van der Waals surface area (Å²) < 4.78 is 14.9. The summed E-state index contributed by atoms with van der Waals surface area (Å²) in [4.78, 5) is 56.4. The van der Waals surface area contributed by atoms with Gasteiger partial charge in [-0.1, -0.05) is 53.5 Å². The minimum Gasteiger partial charge on any atom is -0.497 e. The number of hydrazine groups is 1. The summed E-state index contributed by atoms with van der Waals surface area (Å²) in [5.41, 5.74) is 2.78. The number of anilines is 1. The van der Waals surface area contributed by atoms with Crippen molar-refractivity contribution in [1.29, 1.82) is 0 Å². The molecule has 1 aliphatic carbocycles. The van der Waals surface area contributed by atoms with Crippen LogP contribution in [0.4, 0.5) is 5.69 Å². The average molecular weight is 693 g/mol.